The van der Waals surface area contributed by atoms with Gasteiger partial charge in [0, 0.05) is 41.6 Å². The molecular weight excluding hydrogens is 290 g/mol. The summed E-state index contributed by atoms with van der Waals surface area (Å²) < 4.78 is 0. The van der Waals surface area contributed by atoms with Gasteiger partial charge in [-0.05, 0) is 19.1 Å². The van der Waals surface area contributed by atoms with Gasteiger partial charge in [0.1, 0.15) is 5.01 Å². The Morgan fingerprint density at radius 3 is 2.90 bits per heavy atom. The zero-order valence-electron chi connectivity index (χ0n) is 11.5. The summed E-state index contributed by atoms with van der Waals surface area (Å²) in [5.41, 5.74) is 2.18. The van der Waals surface area contributed by atoms with Crippen molar-refractivity contribution in [3.63, 3.8) is 0 Å². The Labute approximate surface area is 128 Å². The van der Waals surface area contributed by atoms with Crippen molar-refractivity contribution in [3.8, 4) is 11.3 Å². The molecule has 2 heterocycles. The third kappa shape index (κ3) is 3.20. The minimum Gasteiger partial charge on any atom is -0.314 e. The molecule has 3 rings (SSSR count). The number of nitrogens with zero attached hydrogens (tertiary/aromatic N) is 2. The normalized spacial score (nSPS) is 16.5. The van der Waals surface area contributed by atoms with E-state index in [1.54, 1.807) is 11.3 Å². The molecule has 0 aliphatic carbocycles. The van der Waals surface area contributed by atoms with Gasteiger partial charge in [-0.2, -0.15) is 0 Å². The minimum atomic E-state index is 0.763. The van der Waals surface area contributed by atoms with E-state index in [0.29, 0.717) is 0 Å². The SMILES string of the molecule is Cc1sc(CN2CCNCC2)nc1-c1cccc(Cl)c1. The summed E-state index contributed by atoms with van der Waals surface area (Å²) in [5, 5.41) is 5.33. The van der Waals surface area contributed by atoms with Crippen molar-refractivity contribution in [2.45, 2.75) is 13.5 Å². The van der Waals surface area contributed by atoms with E-state index in [-0.39, 0.29) is 0 Å². The molecule has 2 aromatic rings. The second kappa shape index (κ2) is 6.22. The maximum absolute atomic E-state index is 6.07. The minimum absolute atomic E-state index is 0.763. The topological polar surface area (TPSA) is 28.2 Å². The Morgan fingerprint density at radius 1 is 1.35 bits per heavy atom. The zero-order valence-corrected chi connectivity index (χ0v) is 13.1. The van der Waals surface area contributed by atoms with E-state index >= 15 is 0 Å². The van der Waals surface area contributed by atoms with Crippen LogP contribution in [0, 0.1) is 6.92 Å². The highest BCUT2D eigenvalue weighted by atomic mass is 35.5. The Bertz CT molecular complexity index is 591. The molecule has 106 valence electrons. The van der Waals surface area contributed by atoms with E-state index in [0.717, 1.165) is 49.0 Å². The molecule has 0 spiro atoms. The highest BCUT2D eigenvalue weighted by Crippen LogP contribution is 2.29. The van der Waals surface area contributed by atoms with Crippen molar-refractivity contribution < 1.29 is 0 Å². The van der Waals surface area contributed by atoms with E-state index in [1.807, 2.05) is 18.2 Å². The Hall–Kier alpha value is -0.940. The molecule has 5 heteroatoms. The van der Waals surface area contributed by atoms with E-state index in [1.165, 1.54) is 9.88 Å². The van der Waals surface area contributed by atoms with E-state index in [4.69, 9.17) is 16.6 Å². The number of aromatic nitrogens is 1. The number of piperazine rings is 1. The Kier molecular flexibility index (Phi) is 4.36. The summed E-state index contributed by atoms with van der Waals surface area (Å²) in [6.07, 6.45) is 0. The maximum Gasteiger partial charge on any atom is 0.108 e. The Balaban J connectivity index is 1.80. The van der Waals surface area contributed by atoms with Crippen LogP contribution in [0.2, 0.25) is 5.02 Å². The molecular formula is C15H18ClN3S. The first-order chi connectivity index (χ1) is 9.72. The molecule has 1 aliphatic heterocycles. The van der Waals surface area contributed by atoms with Gasteiger partial charge >= 0.3 is 0 Å². The van der Waals surface area contributed by atoms with Gasteiger partial charge in [-0.25, -0.2) is 4.98 Å². The summed E-state index contributed by atoms with van der Waals surface area (Å²) in [5.74, 6) is 0. The lowest BCUT2D eigenvalue weighted by molar-refractivity contribution is 0.233. The highest BCUT2D eigenvalue weighted by Gasteiger charge is 2.15. The van der Waals surface area contributed by atoms with Crippen LogP contribution in [0.4, 0.5) is 0 Å². The maximum atomic E-state index is 6.07. The molecule has 1 saturated heterocycles. The van der Waals surface area contributed by atoms with Crippen LogP contribution in [0.1, 0.15) is 9.88 Å². The number of thiazole rings is 1. The van der Waals surface area contributed by atoms with Gasteiger partial charge in [0.05, 0.1) is 12.2 Å². The summed E-state index contributed by atoms with van der Waals surface area (Å²) in [4.78, 5) is 8.53. The molecule has 3 nitrogen and oxygen atoms in total. The van der Waals surface area contributed by atoms with Gasteiger partial charge in [-0.15, -0.1) is 11.3 Å². The monoisotopic (exact) mass is 307 g/mol. The average molecular weight is 308 g/mol. The van der Waals surface area contributed by atoms with Crippen LogP contribution in [-0.2, 0) is 6.54 Å². The van der Waals surface area contributed by atoms with Crippen LogP contribution in [0.15, 0.2) is 24.3 Å². The molecule has 1 aromatic carbocycles. The molecule has 0 unspecified atom stereocenters. The zero-order chi connectivity index (χ0) is 13.9. The second-order valence-electron chi connectivity index (χ2n) is 5.05. The number of hydrogen-bond donors (Lipinski definition) is 1. The first-order valence-corrected chi connectivity index (χ1v) is 8.07. The fraction of sp³-hybridized carbons (Fsp3) is 0.400. The highest BCUT2D eigenvalue weighted by molar-refractivity contribution is 7.12. The summed E-state index contributed by atoms with van der Waals surface area (Å²) in [6.45, 7) is 7.44. The van der Waals surface area contributed by atoms with Crippen molar-refractivity contribution in [1.82, 2.24) is 15.2 Å². The molecule has 20 heavy (non-hydrogen) atoms. The van der Waals surface area contributed by atoms with E-state index in [2.05, 4.69) is 23.2 Å². The van der Waals surface area contributed by atoms with Gasteiger partial charge in [0.2, 0.25) is 0 Å². The second-order valence-corrected chi connectivity index (χ2v) is 6.77. The molecule has 1 fully saturated rings. The van der Waals surface area contributed by atoms with Crippen molar-refractivity contribution in [2.24, 2.45) is 0 Å². The van der Waals surface area contributed by atoms with Gasteiger partial charge in [-0.1, -0.05) is 23.7 Å². The molecule has 1 N–H and O–H groups in total. The number of halogens is 1. The lowest BCUT2D eigenvalue weighted by Gasteiger charge is -2.26. The molecule has 0 saturated carbocycles. The predicted molar refractivity (Wildman–Crippen MR) is 85.4 cm³/mol. The standard InChI is InChI=1S/C15H18ClN3S/c1-11-15(12-3-2-4-13(16)9-12)18-14(20-11)10-19-7-5-17-6-8-19/h2-4,9,17H,5-8,10H2,1H3. The summed E-state index contributed by atoms with van der Waals surface area (Å²) in [6, 6.07) is 7.93. The van der Waals surface area contributed by atoms with Crippen molar-refractivity contribution in [2.75, 3.05) is 26.2 Å². The largest absolute Gasteiger partial charge is 0.314 e. The van der Waals surface area contributed by atoms with Gasteiger partial charge in [0.25, 0.3) is 0 Å². The van der Waals surface area contributed by atoms with Crippen LogP contribution >= 0.6 is 22.9 Å². The smallest absolute Gasteiger partial charge is 0.108 e. The van der Waals surface area contributed by atoms with Crippen molar-refractivity contribution in [1.29, 1.82) is 0 Å². The number of benzene rings is 1. The van der Waals surface area contributed by atoms with E-state index < -0.39 is 0 Å². The first-order valence-electron chi connectivity index (χ1n) is 6.88. The van der Waals surface area contributed by atoms with Crippen LogP contribution in [-0.4, -0.2) is 36.1 Å². The van der Waals surface area contributed by atoms with Crippen LogP contribution in [0.3, 0.4) is 0 Å². The number of rotatable bonds is 3. The molecule has 0 radical (unpaired) electrons. The lowest BCUT2D eigenvalue weighted by atomic mass is 10.1. The molecule has 1 aliphatic rings. The van der Waals surface area contributed by atoms with Gasteiger partial charge in [0.15, 0.2) is 0 Å². The molecule has 0 bridgehead atoms. The summed E-state index contributed by atoms with van der Waals surface area (Å²) >= 11 is 7.86. The van der Waals surface area contributed by atoms with Crippen molar-refractivity contribution in [3.05, 3.63) is 39.2 Å². The fourth-order valence-corrected chi connectivity index (χ4v) is 3.67. The number of hydrogen-bond acceptors (Lipinski definition) is 4. The summed E-state index contributed by atoms with van der Waals surface area (Å²) in [7, 11) is 0. The Morgan fingerprint density at radius 2 is 2.15 bits per heavy atom. The van der Waals surface area contributed by atoms with E-state index in [9.17, 15) is 0 Å². The van der Waals surface area contributed by atoms with Crippen LogP contribution < -0.4 is 5.32 Å². The predicted octanol–water partition coefficient (Wildman–Crippen LogP) is 3.18. The van der Waals surface area contributed by atoms with Gasteiger partial charge in [-0.3, -0.25) is 4.90 Å². The number of nitrogens with one attached hydrogen (secondary N) is 1. The quantitative estimate of drug-likeness (QED) is 0.944. The third-order valence-electron chi connectivity index (χ3n) is 3.51. The number of aryl methyl sites for hydroxylation is 1. The fourth-order valence-electron chi connectivity index (χ4n) is 2.48. The van der Waals surface area contributed by atoms with Gasteiger partial charge < -0.3 is 5.32 Å². The van der Waals surface area contributed by atoms with Crippen LogP contribution in [0.25, 0.3) is 11.3 Å². The van der Waals surface area contributed by atoms with Crippen molar-refractivity contribution >= 4 is 22.9 Å². The molecule has 1 aromatic heterocycles. The third-order valence-corrected chi connectivity index (χ3v) is 4.70. The molecule has 0 amide bonds. The van der Waals surface area contributed by atoms with Crippen LogP contribution in [0.5, 0.6) is 0 Å². The lowest BCUT2D eigenvalue weighted by Crippen LogP contribution is -2.42. The molecule has 0 atom stereocenters. The average Bonchev–Trinajstić information content (AvgIpc) is 2.81. The first kappa shape index (κ1) is 14.0.